The summed E-state index contributed by atoms with van der Waals surface area (Å²) >= 11 is 1.33. The second-order valence-electron chi connectivity index (χ2n) is 8.04. The molecule has 3 rings (SSSR count). The van der Waals surface area contributed by atoms with Gasteiger partial charge in [-0.05, 0) is 25.2 Å². The number of carbonyl (C=O) groups is 1. The summed E-state index contributed by atoms with van der Waals surface area (Å²) in [6.45, 7) is 2.69. The molecule has 158 valence electrons. The van der Waals surface area contributed by atoms with Gasteiger partial charge in [-0.3, -0.25) is 9.89 Å². The summed E-state index contributed by atoms with van der Waals surface area (Å²) in [4.78, 5) is 19.1. The molecule has 0 aromatic carbocycles. The predicted octanol–water partition coefficient (Wildman–Crippen LogP) is 2.84. The van der Waals surface area contributed by atoms with Crippen LogP contribution in [-0.2, 0) is 21.1 Å². The summed E-state index contributed by atoms with van der Waals surface area (Å²) in [6, 6.07) is -0.182. The molecular weight excluding hydrogens is 396 g/mol. The molecule has 1 saturated heterocycles. The van der Waals surface area contributed by atoms with Crippen LogP contribution in [0.3, 0.4) is 0 Å². The SMILES string of the molecule is CCCCN(C(=O)CSc1n[nH]c(CCC2CCCC2)n1)C1CCS(=O)(=O)C1. The second-order valence-corrected chi connectivity index (χ2v) is 11.2. The molecule has 28 heavy (non-hydrogen) atoms. The van der Waals surface area contributed by atoms with Gasteiger partial charge in [0.15, 0.2) is 9.84 Å². The normalized spacial score (nSPS) is 22.0. The number of aryl methyl sites for hydroxylation is 1. The summed E-state index contributed by atoms with van der Waals surface area (Å²) in [6.07, 6.45) is 9.83. The van der Waals surface area contributed by atoms with E-state index in [0.717, 1.165) is 37.4 Å². The van der Waals surface area contributed by atoms with Gasteiger partial charge in [-0.1, -0.05) is 50.8 Å². The van der Waals surface area contributed by atoms with E-state index in [0.29, 0.717) is 18.1 Å². The Morgan fingerprint density at radius 1 is 1.29 bits per heavy atom. The Morgan fingerprint density at radius 2 is 2.07 bits per heavy atom. The van der Waals surface area contributed by atoms with Gasteiger partial charge in [-0.2, -0.15) is 0 Å². The van der Waals surface area contributed by atoms with Crippen LogP contribution in [0.2, 0.25) is 0 Å². The molecule has 2 heterocycles. The van der Waals surface area contributed by atoms with Crippen molar-refractivity contribution >= 4 is 27.5 Å². The molecule has 1 saturated carbocycles. The lowest BCUT2D eigenvalue weighted by molar-refractivity contribution is -0.130. The Bertz CT molecular complexity index is 744. The van der Waals surface area contributed by atoms with Crippen LogP contribution in [0, 0.1) is 5.92 Å². The van der Waals surface area contributed by atoms with Gasteiger partial charge in [0, 0.05) is 19.0 Å². The number of H-pyrrole nitrogens is 1. The van der Waals surface area contributed by atoms with Gasteiger partial charge < -0.3 is 4.90 Å². The quantitative estimate of drug-likeness (QED) is 0.576. The average molecular weight is 429 g/mol. The lowest BCUT2D eigenvalue weighted by Gasteiger charge is -2.28. The topological polar surface area (TPSA) is 96.0 Å². The standard InChI is InChI=1S/C19H32N4O3S2/c1-2-3-11-23(16-10-12-28(25,26)14-16)18(24)13-27-19-20-17(21-22-19)9-8-15-6-4-5-7-15/h15-16H,2-14H2,1H3,(H,20,21,22). The molecule has 0 spiro atoms. The number of hydrogen-bond donors (Lipinski definition) is 1. The van der Waals surface area contributed by atoms with E-state index in [9.17, 15) is 13.2 Å². The van der Waals surface area contributed by atoms with Crippen molar-refractivity contribution in [1.82, 2.24) is 20.1 Å². The van der Waals surface area contributed by atoms with Gasteiger partial charge in [-0.15, -0.1) is 5.10 Å². The molecule has 1 amide bonds. The molecular formula is C19H32N4O3S2. The molecule has 2 aliphatic rings. The molecule has 1 N–H and O–H groups in total. The number of unbranched alkanes of at least 4 members (excludes halogenated alkanes) is 1. The Labute approximate surface area is 172 Å². The van der Waals surface area contributed by atoms with Gasteiger partial charge in [0.25, 0.3) is 0 Å². The minimum Gasteiger partial charge on any atom is -0.338 e. The highest BCUT2D eigenvalue weighted by Crippen LogP contribution is 2.28. The zero-order valence-corrected chi connectivity index (χ0v) is 18.4. The minimum absolute atomic E-state index is 0.0159. The van der Waals surface area contributed by atoms with E-state index in [2.05, 4.69) is 22.1 Å². The lowest BCUT2D eigenvalue weighted by atomic mass is 10.0. The van der Waals surface area contributed by atoms with Crippen LogP contribution in [0.15, 0.2) is 5.16 Å². The second kappa shape index (κ2) is 10.1. The van der Waals surface area contributed by atoms with E-state index < -0.39 is 9.84 Å². The van der Waals surface area contributed by atoms with E-state index in [1.807, 2.05) is 0 Å². The van der Waals surface area contributed by atoms with Crippen LogP contribution in [0.4, 0.5) is 0 Å². The van der Waals surface area contributed by atoms with E-state index in [4.69, 9.17) is 0 Å². The summed E-state index contributed by atoms with van der Waals surface area (Å²) < 4.78 is 23.6. The highest BCUT2D eigenvalue weighted by molar-refractivity contribution is 7.99. The van der Waals surface area contributed by atoms with Gasteiger partial charge in [0.1, 0.15) is 5.82 Å². The number of aromatic nitrogens is 3. The van der Waals surface area contributed by atoms with Crippen LogP contribution in [0.25, 0.3) is 0 Å². The van der Waals surface area contributed by atoms with Crippen molar-refractivity contribution in [3.8, 4) is 0 Å². The molecule has 1 aromatic heterocycles. The zero-order valence-electron chi connectivity index (χ0n) is 16.7. The summed E-state index contributed by atoms with van der Waals surface area (Å²) in [5.74, 6) is 2.23. The van der Waals surface area contributed by atoms with Crippen molar-refractivity contribution in [2.24, 2.45) is 5.92 Å². The van der Waals surface area contributed by atoms with Gasteiger partial charge in [0.2, 0.25) is 11.1 Å². The zero-order chi connectivity index (χ0) is 20.0. The van der Waals surface area contributed by atoms with E-state index >= 15 is 0 Å². The third-order valence-corrected chi connectivity index (χ3v) is 8.40. The third kappa shape index (κ3) is 6.20. The first-order chi connectivity index (χ1) is 13.5. The van der Waals surface area contributed by atoms with Gasteiger partial charge >= 0.3 is 0 Å². The Kier molecular flexibility index (Phi) is 7.79. The molecule has 0 radical (unpaired) electrons. The predicted molar refractivity (Wildman–Crippen MR) is 111 cm³/mol. The molecule has 1 atom stereocenters. The number of thioether (sulfide) groups is 1. The third-order valence-electron chi connectivity index (χ3n) is 5.82. The summed E-state index contributed by atoms with van der Waals surface area (Å²) in [5.41, 5.74) is 0. The number of aromatic amines is 1. The Morgan fingerprint density at radius 3 is 2.75 bits per heavy atom. The molecule has 1 aliphatic heterocycles. The van der Waals surface area contributed by atoms with Crippen molar-refractivity contribution in [3.05, 3.63) is 5.82 Å². The van der Waals surface area contributed by atoms with Crippen molar-refractivity contribution in [2.75, 3.05) is 23.8 Å². The molecule has 7 nitrogen and oxygen atoms in total. The molecule has 2 fully saturated rings. The van der Waals surface area contributed by atoms with Crippen molar-refractivity contribution in [2.45, 2.75) is 75.9 Å². The van der Waals surface area contributed by atoms with Crippen molar-refractivity contribution in [3.63, 3.8) is 0 Å². The number of amides is 1. The fourth-order valence-electron chi connectivity index (χ4n) is 4.16. The van der Waals surface area contributed by atoms with Crippen LogP contribution < -0.4 is 0 Å². The van der Waals surface area contributed by atoms with Crippen LogP contribution in [0.1, 0.15) is 64.1 Å². The maximum absolute atomic E-state index is 12.8. The van der Waals surface area contributed by atoms with Gasteiger partial charge in [0.05, 0.1) is 17.3 Å². The number of nitrogens with zero attached hydrogens (tertiary/aromatic N) is 3. The fraction of sp³-hybridized carbons (Fsp3) is 0.842. The van der Waals surface area contributed by atoms with E-state index in [1.54, 1.807) is 4.90 Å². The van der Waals surface area contributed by atoms with Crippen LogP contribution >= 0.6 is 11.8 Å². The molecule has 0 bridgehead atoms. The Hall–Kier alpha value is -1.09. The van der Waals surface area contributed by atoms with Crippen LogP contribution in [-0.4, -0.2) is 64.3 Å². The van der Waals surface area contributed by atoms with Gasteiger partial charge in [-0.25, -0.2) is 13.4 Å². The monoisotopic (exact) mass is 428 g/mol. The maximum atomic E-state index is 12.8. The first-order valence-corrected chi connectivity index (χ1v) is 13.3. The highest BCUT2D eigenvalue weighted by atomic mass is 32.2. The fourth-order valence-corrected chi connectivity index (χ4v) is 6.60. The molecule has 1 aromatic rings. The number of sulfone groups is 1. The molecule has 1 unspecified atom stereocenters. The number of rotatable bonds is 10. The first kappa shape index (κ1) is 21.6. The molecule has 9 heteroatoms. The van der Waals surface area contributed by atoms with Crippen molar-refractivity contribution < 1.29 is 13.2 Å². The smallest absolute Gasteiger partial charge is 0.233 e. The largest absolute Gasteiger partial charge is 0.338 e. The number of nitrogens with one attached hydrogen (secondary N) is 1. The molecule has 1 aliphatic carbocycles. The average Bonchev–Trinajstić information content (AvgIpc) is 3.40. The van der Waals surface area contributed by atoms with Crippen molar-refractivity contribution in [1.29, 1.82) is 0 Å². The van der Waals surface area contributed by atoms with E-state index in [1.165, 1.54) is 37.4 Å². The number of hydrogen-bond acceptors (Lipinski definition) is 6. The lowest BCUT2D eigenvalue weighted by Crippen LogP contribution is -2.42. The number of carbonyl (C=O) groups excluding carboxylic acids is 1. The van der Waals surface area contributed by atoms with E-state index in [-0.39, 0.29) is 29.2 Å². The maximum Gasteiger partial charge on any atom is 0.233 e. The van der Waals surface area contributed by atoms with Crippen LogP contribution in [0.5, 0.6) is 0 Å². The Balaban J connectivity index is 1.49. The highest BCUT2D eigenvalue weighted by Gasteiger charge is 2.34. The first-order valence-electron chi connectivity index (χ1n) is 10.5. The summed E-state index contributed by atoms with van der Waals surface area (Å²) in [7, 11) is -3.01. The summed E-state index contributed by atoms with van der Waals surface area (Å²) in [5, 5.41) is 7.83. The minimum atomic E-state index is -3.01.